The van der Waals surface area contributed by atoms with Crippen molar-refractivity contribution in [3.8, 4) is 0 Å². The summed E-state index contributed by atoms with van der Waals surface area (Å²) in [5.41, 5.74) is -0.724. The number of ether oxygens (including phenoxy) is 4. The fourth-order valence-corrected chi connectivity index (χ4v) is 13.3. The fraction of sp³-hybridized carbons (Fsp3) is 0.927. The first kappa shape index (κ1) is 40.9. The number of allylic oxidation sites excluding steroid dienone is 2. The van der Waals surface area contributed by atoms with Crippen molar-refractivity contribution in [2.45, 2.75) is 167 Å². The molecule has 13 nitrogen and oxygen atoms in total. The highest BCUT2D eigenvalue weighted by atomic mass is 16.7. The van der Waals surface area contributed by atoms with Gasteiger partial charge in [0.1, 0.15) is 42.7 Å². The number of hydrogen-bond donors (Lipinski definition) is 8. The van der Waals surface area contributed by atoms with Crippen LogP contribution in [0.25, 0.3) is 0 Å². The minimum absolute atomic E-state index is 0.0247. The highest BCUT2D eigenvalue weighted by molar-refractivity contribution is 5.79. The lowest BCUT2D eigenvalue weighted by Crippen LogP contribution is -2.67. The van der Waals surface area contributed by atoms with E-state index in [4.69, 9.17) is 18.9 Å². The Bertz CT molecular complexity index is 1450. The monoisotopic (exact) mass is 766 g/mol. The van der Waals surface area contributed by atoms with Gasteiger partial charge >= 0.3 is 5.97 Å². The summed E-state index contributed by atoms with van der Waals surface area (Å²) in [5.74, 6) is -0.193. The zero-order valence-corrected chi connectivity index (χ0v) is 32.9. The Kier molecular flexibility index (Phi) is 10.6. The number of fused-ring (bicyclic) bond motifs is 7. The van der Waals surface area contributed by atoms with Gasteiger partial charge in [-0.25, -0.2) is 0 Å². The zero-order valence-electron chi connectivity index (χ0n) is 32.9. The predicted molar refractivity (Wildman–Crippen MR) is 193 cm³/mol. The second-order valence-corrected chi connectivity index (χ2v) is 20.1. The molecule has 0 unspecified atom stereocenters. The van der Waals surface area contributed by atoms with Gasteiger partial charge in [-0.05, 0) is 104 Å². The van der Waals surface area contributed by atoms with Crippen molar-refractivity contribution >= 4 is 5.97 Å². The van der Waals surface area contributed by atoms with Gasteiger partial charge in [0.15, 0.2) is 6.29 Å². The van der Waals surface area contributed by atoms with E-state index in [0.29, 0.717) is 19.3 Å². The van der Waals surface area contributed by atoms with Gasteiger partial charge in [0.2, 0.25) is 6.29 Å². The standard InChI is InChI=1S/C41H66O13/c1-36(2)13-15-41(35(50)54-34-32(49)30(47)29(46)24(18-42)52-34)16-14-39(5)21(22(41)17-36)7-8-26-37(3)11-10-27(53-33-31(48)28(45)23(44)19-51-33)38(4,20-43)25(37)9-12-40(26,39)6/h7,22-34,42-49H,8-20H2,1-6H3/t22-,23+,24+,25-,26-,27-,28-,29+,30-,31+,32+,33-,34-,37+,38-,39-,40-,41-/m1/s1. The summed E-state index contributed by atoms with van der Waals surface area (Å²) in [6, 6.07) is 0. The van der Waals surface area contributed by atoms with Crippen molar-refractivity contribution in [2.75, 3.05) is 19.8 Å². The van der Waals surface area contributed by atoms with Crippen LogP contribution in [0.3, 0.4) is 0 Å². The van der Waals surface area contributed by atoms with E-state index in [0.717, 1.165) is 44.9 Å². The van der Waals surface area contributed by atoms with Gasteiger partial charge in [-0.15, -0.1) is 0 Å². The van der Waals surface area contributed by atoms with E-state index in [1.54, 1.807) is 0 Å². The number of aliphatic hydroxyl groups is 8. The van der Waals surface area contributed by atoms with Gasteiger partial charge in [-0.1, -0.05) is 53.2 Å². The molecule has 6 fully saturated rings. The molecule has 0 spiro atoms. The molecule has 2 aliphatic heterocycles. The maximum Gasteiger partial charge on any atom is 0.315 e. The summed E-state index contributed by atoms with van der Waals surface area (Å²) in [5, 5.41) is 83.4. The zero-order chi connectivity index (χ0) is 39.4. The Morgan fingerprint density at radius 2 is 1.48 bits per heavy atom. The molecule has 0 bridgehead atoms. The topological polar surface area (TPSA) is 216 Å². The van der Waals surface area contributed by atoms with Crippen molar-refractivity contribution in [3.05, 3.63) is 11.6 Å². The van der Waals surface area contributed by atoms with Gasteiger partial charge in [0, 0.05) is 5.41 Å². The van der Waals surface area contributed by atoms with E-state index in [-0.39, 0.29) is 52.6 Å². The minimum atomic E-state index is -1.66. The van der Waals surface area contributed by atoms with Crippen LogP contribution in [0.4, 0.5) is 0 Å². The van der Waals surface area contributed by atoms with Gasteiger partial charge in [-0.2, -0.15) is 0 Å². The molecule has 0 aromatic heterocycles. The van der Waals surface area contributed by atoms with Crippen molar-refractivity contribution < 1.29 is 64.6 Å². The average molecular weight is 767 g/mol. The van der Waals surface area contributed by atoms with E-state index in [1.807, 2.05) is 0 Å². The normalized spacial score (nSPS) is 54.3. The quantitative estimate of drug-likeness (QED) is 0.110. The summed E-state index contributed by atoms with van der Waals surface area (Å²) in [4.78, 5) is 14.5. The number of carbonyl (C=O) groups excluding carboxylic acids is 1. The summed E-state index contributed by atoms with van der Waals surface area (Å²) < 4.78 is 23.7. The van der Waals surface area contributed by atoms with E-state index >= 15 is 0 Å². The van der Waals surface area contributed by atoms with Crippen LogP contribution in [0, 0.1) is 50.2 Å². The molecule has 7 rings (SSSR count). The highest BCUT2D eigenvalue weighted by Gasteiger charge is 2.70. The Hall–Kier alpha value is -1.23. The smallest absolute Gasteiger partial charge is 0.315 e. The molecule has 0 aromatic carbocycles. The lowest BCUT2D eigenvalue weighted by Gasteiger charge is -2.71. The third kappa shape index (κ3) is 5.92. The molecule has 308 valence electrons. The first-order valence-electron chi connectivity index (χ1n) is 20.4. The third-order valence-corrected chi connectivity index (χ3v) is 17.0. The molecule has 0 aromatic rings. The molecule has 18 atom stereocenters. The van der Waals surface area contributed by atoms with Crippen molar-refractivity contribution in [1.82, 2.24) is 0 Å². The van der Waals surface area contributed by atoms with Crippen molar-refractivity contribution in [3.63, 3.8) is 0 Å². The van der Waals surface area contributed by atoms with Crippen LogP contribution < -0.4 is 0 Å². The molecule has 13 heteroatoms. The van der Waals surface area contributed by atoms with Gasteiger partial charge < -0.3 is 59.8 Å². The maximum absolute atomic E-state index is 14.5. The second kappa shape index (κ2) is 14.0. The predicted octanol–water partition coefficient (Wildman–Crippen LogP) is 1.93. The van der Waals surface area contributed by atoms with Crippen LogP contribution in [0.2, 0.25) is 0 Å². The third-order valence-electron chi connectivity index (χ3n) is 17.0. The SMILES string of the molecule is CC1(C)CC[C@@]2(C(=O)O[C@H]3O[C@@H](CO)[C@H](O)[C@@H](O)[C@@H]3O)CC[C@]3(C)C(=CC[C@@H]4[C@@]5(C)CC[C@@H](O[C@H]6OC[C@H](O)[C@@H](O)[C@@H]6O)[C@](C)(CO)[C@@H]5CC[C@]43C)[C@H]2C1. The van der Waals surface area contributed by atoms with Crippen molar-refractivity contribution in [1.29, 1.82) is 0 Å². The molecular weight excluding hydrogens is 700 g/mol. The summed E-state index contributed by atoms with van der Waals surface area (Å²) in [7, 11) is 0. The lowest BCUT2D eigenvalue weighted by atomic mass is 9.33. The molecule has 54 heavy (non-hydrogen) atoms. The van der Waals surface area contributed by atoms with Crippen LogP contribution in [0.5, 0.6) is 0 Å². The molecule has 5 aliphatic carbocycles. The summed E-state index contributed by atoms with van der Waals surface area (Å²) in [6.45, 7) is 12.9. The number of carbonyl (C=O) groups is 1. The highest BCUT2D eigenvalue weighted by Crippen LogP contribution is 2.76. The van der Waals surface area contributed by atoms with E-state index in [9.17, 15) is 45.6 Å². The van der Waals surface area contributed by atoms with E-state index in [2.05, 4.69) is 47.6 Å². The Morgan fingerprint density at radius 3 is 2.17 bits per heavy atom. The molecule has 4 saturated carbocycles. The molecule has 7 aliphatic rings. The Labute approximate surface area is 319 Å². The molecule has 0 amide bonds. The summed E-state index contributed by atoms with van der Waals surface area (Å²) in [6.07, 6.45) is -2.97. The number of rotatable bonds is 6. The molecule has 8 N–H and O–H groups in total. The first-order chi connectivity index (χ1) is 25.2. The maximum atomic E-state index is 14.5. The van der Waals surface area contributed by atoms with Crippen LogP contribution in [0.1, 0.15) is 106 Å². The second-order valence-electron chi connectivity index (χ2n) is 20.1. The lowest BCUT2D eigenvalue weighted by molar-refractivity contribution is -0.312. The van der Waals surface area contributed by atoms with Crippen LogP contribution in [-0.4, -0.2) is 128 Å². The van der Waals surface area contributed by atoms with Gasteiger partial charge in [-0.3, -0.25) is 4.79 Å². The average Bonchev–Trinajstić information content (AvgIpc) is 3.13. The molecule has 2 heterocycles. The van der Waals surface area contributed by atoms with Crippen molar-refractivity contribution in [2.24, 2.45) is 50.2 Å². The summed E-state index contributed by atoms with van der Waals surface area (Å²) >= 11 is 0. The van der Waals surface area contributed by atoms with Gasteiger partial charge in [0.25, 0.3) is 0 Å². The van der Waals surface area contributed by atoms with E-state index in [1.165, 1.54) is 5.57 Å². The molecular formula is C41H66O13. The Balaban J connectivity index is 1.17. The van der Waals surface area contributed by atoms with Crippen LogP contribution >= 0.6 is 0 Å². The number of esters is 1. The minimum Gasteiger partial charge on any atom is -0.432 e. The number of aliphatic hydroxyl groups excluding tert-OH is 8. The Morgan fingerprint density at radius 1 is 0.796 bits per heavy atom. The van der Waals surface area contributed by atoms with E-state index < -0.39 is 84.8 Å². The number of hydrogen-bond acceptors (Lipinski definition) is 13. The molecule has 0 radical (unpaired) electrons. The first-order valence-corrected chi connectivity index (χ1v) is 20.4. The van der Waals surface area contributed by atoms with Crippen LogP contribution in [0.15, 0.2) is 11.6 Å². The fourth-order valence-electron chi connectivity index (χ4n) is 13.3. The van der Waals surface area contributed by atoms with Gasteiger partial charge in [0.05, 0.1) is 31.3 Å². The largest absolute Gasteiger partial charge is 0.432 e. The van der Waals surface area contributed by atoms with Crippen LogP contribution in [-0.2, 0) is 23.7 Å². The molecule has 2 saturated heterocycles.